The van der Waals surface area contributed by atoms with Gasteiger partial charge in [-0.3, -0.25) is 0 Å². The summed E-state index contributed by atoms with van der Waals surface area (Å²) in [6, 6.07) is 6.25. The Morgan fingerprint density at radius 1 is 1.37 bits per heavy atom. The van der Waals surface area contributed by atoms with Crippen molar-refractivity contribution in [3.63, 3.8) is 0 Å². The summed E-state index contributed by atoms with van der Waals surface area (Å²) in [4.78, 5) is 0. The Labute approximate surface area is 116 Å². The molecule has 3 nitrogen and oxygen atoms in total. The van der Waals surface area contributed by atoms with Gasteiger partial charge in [-0.05, 0) is 31.7 Å². The van der Waals surface area contributed by atoms with Crippen LogP contribution < -0.4 is 10.1 Å². The van der Waals surface area contributed by atoms with Crippen molar-refractivity contribution in [2.75, 3.05) is 6.61 Å². The molecule has 19 heavy (non-hydrogen) atoms. The summed E-state index contributed by atoms with van der Waals surface area (Å²) in [5, 5.41) is 13.7. The first-order valence-electron chi connectivity index (χ1n) is 7.41. The molecule has 1 saturated carbocycles. The molecule has 1 aromatic carbocycles. The lowest BCUT2D eigenvalue weighted by Gasteiger charge is -2.17. The molecule has 0 spiro atoms. The highest BCUT2D eigenvalue weighted by atomic mass is 16.5. The smallest absolute Gasteiger partial charge is 0.162 e. The zero-order chi connectivity index (χ0) is 13.7. The van der Waals surface area contributed by atoms with Gasteiger partial charge in [0.05, 0.1) is 6.61 Å². The third-order valence-electron chi connectivity index (χ3n) is 3.77. The number of phenolic OH excluding ortho intramolecular Hbond substituents is 1. The monoisotopic (exact) mass is 263 g/mol. The van der Waals surface area contributed by atoms with E-state index in [-0.39, 0.29) is 5.75 Å². The van der Waals surface area contributed by atoms with E-state index in [9.17, 15) is 5.11 Å². The lowest BCUT2D eigenvalue weighted by Crippen LogP contribution is -2.28. The maximum absolute atomic E-state index is 10.1. The van der Waals surface area contributed by atoms with Crippen molar-refractivity contribution in [1.82, 2.24) is 5.32 Å². The van der Waals surface area contributed by atoms with Crippen LogP contribution in [-0.2, 0) is 6.54 Å². The SMILES string of the molecule is CCOc1cccc(CNC(CC)CC2CC2)c1O. The van der Waals surface area contributed by atoms with Gasteiger partial charge in [-0.25, -0.2) is 0 Å². The van der Waals surface area contributed by atoms with Crippen molar-refractivity contribution in [3.8, 4) is 11.5 Å². The molecule has 0 aliphatic heterocycles. The predicted molar refractivity (Wildman–Crippen MR) is 77.5 cm³/mol. The predicted octanol–water partition coefficient (Wildman–Crippen LogP) is 3.46. The Morgan fingerprint density at radius 2 is 2.16 bits per heavy atom. The number of nitrogens with one attached hydrogen (secondary N) is 1. The zero-order valence-corrected chi connectivity index (χ0v) is 12.0. The summed E-state index contributed by atoms with van der Waals surface area (Å²) >= 11 is 0. The molecule has 0 amide bonds. The van der Waals surface area contributed by atoms with E-state index >= 15 is 0 Å². The summed E-state index contributed by atoms with van der Waals surface area (Å²) in [6.07, 6.45) is 5.19. The molecule has 0 heterocycles. The fourth-order valence-corrected chi connectivity index (χ4v) is 2.39. The fourth-order valence-electron chi connectivity index (χ4n) is 2.39. The van der Waals surface area contributed by atoms with Crippen LogP contribution in [0.1, 0.15) is 45.1 Å². The first-order valence-corrected chi connectivity index (χ1v) is 7.41. The second-order valence-corrected chi connectivity index (χ2v) is 5.36. The lowest BCUT2D eigenvalue weighted by molar-refractivity contribution is 0.315. The number of para-hydroxylation sites is 1. The van der Waals surface area contributed by atoms with Gasteiger partial charge in [0, 0.05) is 18.2 Å². The Bertz CT molecular complexity index is 402. The van der Waals surface area contributed by atoms with Gasteiger partial charge in [-0.15, -0.1) is 0 Å². The standard InChI is InChI=1S/C16H25NO2/c1-3-14(10-12-8-9-12)17-11-13-6-5-7-15(16(13)18)19-4-2/h5-7,12,14,17-18H,3-4,8-11H2,1-2H3. The summed E-state index contributed by atoms with van der Waals surface area (Å²) in [6.45, 7) is 5.42. The van der Waals surface area contributed by atoms with Gasteiger partial charge in [0.2, 0.25) is 0 Å². The van der Waals surface area contributed by atoms with Crippen molar-refractivity contribution < 1.29 is 9.84 Å². The minimum atomic E-state index is 0.276. The van der Waals surface area contributed by atoms with Gasteiger partial charge in [0.15, 0.2) is 11.5 Å². The average Bonchev–Trinajstić information content (AvgIpc) is 3.22. The summed E-state index contributed by atoms with van der Waals surface area (Å²) in [7, 11) is 0. The number of rotatable bonds is 8. The van der Waals surface area contributed by atoms with Gasteiger partial charge in [0.1, 0.15) is 0 Å². The van der Waals surface area contributed by atoms with E-state index in [0.29, 0.717) is 24.9 Å². The minimum Gasteiger partial charge on any atom is -0.504 e. The average molecular weight is 263 g/mol. The molecular formula is C16H25NO2. The van der Waals surface area contributed by atoms with E-state index < -0.39 is 0 Å². The van der Waals surface area contributed by atoms with Gasteiger partial charge >= 0.3 is 0 Å². The summed E-state index contributed by atoms with van der Waals surface area (Å²) < 4.78 is 5.41. The van der Waals surface area contributed by atoms with Crippen molar-refractivity contribution in [2.24, 2.45) is 5.92 Å². The molecule has 0 bridgehead atoms. The molecule has 1 aliphatic rings. The largest absolute Gasteiger partial charge is 0.504 e. The zero-order valence-electron chi connectivity index (χ0n) is 12.0. The first kappa shape index (κ1) is 14.2. The normalized spacial score (nSPS) is 16.3. The molecule has 1 fully saturated rings. The Morgan fingerprint density at radius 3 is 2.79 bits per heavy atom. The third-order valence-corrected chi connectivity index (χ3v) is 3.77. The molecule has 1 aromatic rings. The molecule has 0 aromatic heterocycles. The topological polar surface area (TPSA) is 41.5 Å². The van der Waals surface area contributed by atoms with Crippen LogP contribution in [0.25, 0.3) is 0 Å². The number of benzene rings is 1. The molecule has 3 heteroatoms. The summed E-state index contributed by atoms with van der Waals surface area (Å²) in [5.41, 5.74) is 0.917. The Kier molecular flexibility index (Phi) is 5.08. The van der Waals surface area contributed by atoms with E-state index in [1.807, 2.05) is 25.1 Å². The second-order valence-electron chi connectivity index (χ2n) is 5.36. The van der Waals surface area contributed by atoms with Crippen molar-refractivity contribution in [3.05, 3.63) is 23.8 Å². The number of ether oxygens (including phenoxy) is 1. The molecule has 0 saturated heterocycles. The van der Waals surface area contributed by atoms with Crippen LogP contribution in [0, 0.1) is 5.92 Å². The van der Waals surface area contributed by atoms with Gasteiger partial charge < -0.3 is 15.2 Å². The quantitative estimate of drug-likeness (QED) is 0.754. The first-order chi connectivity index (χ1) is 9.24. The molecule has 2 N–H and O–H groups in total. The summed E-state index contributed by atoms with van der Waals surface area (Å²) in [5.74, 6) is 1.79. The van der Waals surface area contributed by atoms with E-state index in [4.69, 9.17) is 4.74 Å². The van der Waals surface area contributed by atoms with Crippen LogP contribution >= 0.6 is 0 Å². The maximum atomic E-state index is 10.1. The van der Waals surface area contributed by atoms with Crippen molar-refractivity contribution >= 4 is 0 Å². The van der Waals surface area contributed by atoms with Gasteiger partial charge in [-0.2, -0.15) is 0 Å². The van der Waals surface area contributed by atoms with Crippen LogP contribution in [0.4, 0.5) is 0 Å². The highest BCUT2D eigenvalue weighted by Gasteiger charge is 2.24. The number of hydrogen-bond donors (Lipinski definition) is 2. The number of phenols is 1. The third kappa shape index (κ3) is 4.13. The van der Waals surface area contributed by atoms with Gasteiger partial charge in [0.25, 0.3) is 0 Å². The maximum Gasteiger partial charge on any atom is 0.162 e. The van der Waals surface area contributed by atoms with E-state index in [1.165, 1.54) is 19.3 Å². The van der Waals surface area contributed by atoms with Crippen LogP contribution in [0.3, 0.4) is 0 Å². The minimum absolute atomic E-state index is 0.276. The number of hydrogen-bond acceptors (Lipinski definition) is 3. The molecular weight excluding hydrogens is 238 g/mol. The van der Waals surface area contributed by atoms with Crippen LogP contribution in [-0.4, -0.2) is 17.8 Å². The second kappa shape index (κ2) is 6.80. The van der Waals surface area contributed by atoms with Crippen molar-refractivity contribution in [2.45, 2.75) is 52.1 Å². The Hall–Kier alpha value is -1.22. The van der Waals surface area contributed by atoms with E-state index in [0.717, 1.165) is 17.9 Å². The highest BCUT2D eigenvalue weighted by Crippen LogP contribution is 2.34. The van der Waals surface area contributed by atoms with Crippen LogP contribution in [0.15, 0.2) is 18.2 Å². The molecule has 0 radical (unpaired) electrons. The van der Waals surface area contributed by atoms with Crippen LogP contribution in [0.2, 0.25) is 0 Å². The highest BCUT2D eigenvalue weighted by molar-refractivity contribution is 5.45. The molecule has 106 valence electrons. The van der Waals surface area contributed by atoms with Crippen molar-refractivity contribution in [1.29, 1.82) is 0 Å². The fraction of sp³-hybridized carbons (Fsp3) is 0.625. The van der Waals surface area contributed by atoms with E-state index in [1.54, 1.807) is 0 Å². The molecule has 1 atom stereocenters. The molecule has 2 rings (SSSR count). The Balaban J connectivity index is 1.91. The lowest BCUT2D eigenvalue weighted by atomic mass is 10.1. The van der Waals surface area contributed by atoms with Gasteiger partial charge in [-0.1, -0.05) is 31.9 Å². The van der Waals surface area contributed by atoms with E-state index in [2.05, 4.69) is 12.2 Å². The van der Waals surface area contributed by atoms with Crippen LogP contribution in [0.5, 0.6) is 11.5 Å². The number of aromatic hydroxyl groups is 1. The molecule has 1 unspecified atom stereocenters. The molecule has 1 aliphatic carbocycles.